The van der Waals surface area contributed by atoms with Crippen LogP contribution in [0.1, 0.15) is 44.9 Å². The van der Waals surface area contributed by atoms with Gasteiger partial charge in [-0.3, -0.25) is 9.59 Å². The number of piperidine rings is 1. The lowest BCUT2D eigenvalue weighted by Gasteiger charge is -2.58. The molecule has 2 aliphatic heterocycles. The number of hydrogen-bond acceptors (Lipinski definition) is 4. The van der Waals surface area contributed by atoms with E-state index in [0.717, 1.165) is 25.7 Å². The SMILES string of the molecule is O=C(O)C[C@@H]1[C@@](O)(CO)CCN2C(=O)C[C@@H]3CCCC[C@]312. The normalized spacial score (nSPS) is 42.6. The minimum atomic E-state index is -1.39. The zero-order chi connectivity index (χ0) is 15.3. The van der Waals surface area contributed by atoms with Gasteiger partial charge in [-0.05, 0) is 25.2 Å². The van der Waals surface area contributed by atoms with Crippen molar-refractivity contribution in [2.75, 3.05) is 13.2 Å². The fourth-order valence-electron chi connectivity index (χ4n) is 5.10. The third kappa shape index (κ3) is 1.99. The van der Waals surface area contributed by atoms with Crippen LogP contribution in [0, 0.1) is 11.8 Å². The molecule has 1 saturated carbocycles. The number of aliphatic hydroxyl groups is 2. The van der Waals surface area contributed by atoms with Crippen molar-refractivity contribution < 1.29 is 24.9 Å². The molecule has 21 heavy (non-hydrogen) atoms. The monoisotopic (exact) mass is 297 g/mol. The largest absolute Gasteiger partial charge is 0.481 e. The third-order valence-electron chi connectivity index (χ3n) is 5.98. The summed E-state index contributed by atoms with van der Waals surface area (Å²) in [6, 6.07) is 0. The number of carbonyl (C=O) groups excluding carboxylic acids is 1. The van der Waals surface area contributed by atoms with E-state index in [1.807, 2.05) is 4.90 Å². The summed E-state index contributed by atoms with van der Waals surface area (Å²) in [6.07, 6.45) is 4.14. The Morgan fingerprint density at radius 2 is 2.10 bits per heavy atom. The van der Waals surface area contributed by atoms with Crippen LogP contribution in [0.15, 0.2) is 0 Å². The maximum atomic E-state index is 12.3. The van der Waals surface area contributed by atoms with Gasteiger partial charge in [-0.2, -0.15) is 0 Å². The van der Waals surface area contributed by atoms with E-state index >= 15 is 0 Å². The molecule has 0 aromatic carbocycles. The maximum Gasteiger partial charge on any atom is 0.303 e. The molecule has 0 aromatic heterocycles. The van der Waals surface area contributed by atoms with Gasteiger partial charge in [0.1, 0.15) is 0 Å². The van der Waals surface area contributed by atoms with E-state index in [1.54, 1.807) is 0 Å². The first-order chi connectivity index (χ1) is 9.94. The van der Waals surface area contributed by atoms with Gasteiger partial charge in [-0.25, -0.2) is 0 Å². The molecule has 2 saturated heterocycles. The van der Waals surface area contributed by atoms with Crippen molar-refractivity contribution in [3.8, 4) is 0 Å². The zero-order valence-electron chi connectivity index (χ0n) is 12.1. The van der Waals surface area contributed by atoms with E-state index in [4.69, 9.17) is 0 Å². The molecule has 0 bridgehead atoms. The quantitative estimate of drug-likeness (QED) is 0.699. The van der Waals surface area contributed by atoms with Crippen molar-refractivity contribution in [3.63, 3.8) is 0 Å². The second-order valence-electron chi connectivity index (χ2n) is 6.85. The summed E-state index contributed by atoms with van der Waals surface area (Å²) in [6.45, 7) is -0.0238. The number of hydrogen-bond donors (Lipinski definition) is 3. The minimum Gasteiger partial charge on any atom is -0.481 e. The molecule has 0 unspecified atom stereocenters. The summed E-state index contributed by atoms with van der Waals surface area (Å²) in [5.41, 5.74) is -1.96. The van der Waals surface area contributed by atoms with Gasteiger partial charge in [0.05, 0.1) is 24.2 Å². The fraction of sp³-hybridized carbons (Fsp3) is 0.867. The standard InChI is InChI=1S/C15H23NO5/c17-9-14(21)5-6-16-12(18)7-10-3-1-2-4-15(10,16)11(14)8-13(19)20/h10-11,17,21H,1-9H2,(H,19,20)/t10-,11+,14-,15-/m0/s1. The van der Waals surface area contributed by atoms with Gasteiger partial charge >= 0.3 is 5.97 Å². The molecular weight excluding hydrogens is 274 g/mol. The molecule has 1 spiro atoms. The first-order valence-electron chi connectivity index (χ1n) is 7.79. The molecule has 3 rings (SSSR count). The average molecular weight is 297 g/mol. The lowest BCUT2D eigenvalue weighted by atomic mass is 9.58. The summed E-state index contributed by atoms with van der Waals surface area (Å²) in [5, 5.41) is 29.7. The molecule has 1 amide bonds. The molecule has 1 aliphatic carbocycles. The van der Waals surface area contributed by atoms with Crippen LogP contribution >= 0.6 is 0 Å². The van der Waals surface area contributed by atoms with Crippen LogP contribution in [0.5, 0.6) is 0 Å². The van der Waals surface area contributed by atoms with E-state index < -0.39 is 29.6 Å². The number of aliphatic carboxylic acids is 1. The summed E-state index contributed by atoms with van der Waals surface area (Å²) < 4.78 is 0. The molecule has 0 radical (unpaired) electrons. The van der Waals surface area contributed by atoms with E-state index in [1.165, 1.54) is 0 Å². The lowest BCUT2D eigenvalue weighted by Crippen LogP contribution is -2.68. The highest BCUT2D eigenvalue weighted by atomic mass is 16.4. The molecule has 4 atom stereocenters. The van der Waals surface area contributed by atoms with Crippen molar-refractivity contribution in [2.24, 2.45) is 11.8 Å². The van der Waals surface area contributed by atoms with Crippen molar-refractivity contribution in [2.45, 2.75) is 56.1 Å². The zero-order valence-corrected chi connectivity index (χ0v) is 12.1. The Bertz CT molecular complexity index is 467. The number of rotatable bonds is 3. The van der Waals surface area contributed by atoms with Gasteiger partial charge in [-0.1, -0.05) is 12.8 Å². The summed E-state index contributed by atoms with van der Waals surface area (Å²) in [5.74, 6) is -1.37. The van der Waals surface area contributed by atoms with Crippen molar-refractivity contribution in [1.82, 2.24) is 4.90 Å². The smallest absolute Gasteiger partial charge is 0.303 e. The number of nitrogens with zero attached hydrogens (tertiary/aromatic N) is 1. The van der Waals surface area contributed by atoms with E-state index in [2.05, 4.69) is 0 Å². The molecule has 0 aromatic rings. The average Bonchev–Trinajstić information content (AvgIpc) is 2.74. The Morgan fingerprint density at radius 1 is 1.33 bits per heavy atom. The van der Waals surface area contributed by atoms with Crippen LogP contribution < -0.4 is 0 Å². The minimum absolute atomic E-state index is 0.0808. The number of carboxylic acid groups (broad SMARTS) is 1. The van der Waals surface area contributed by atoms with Gasteiger partial charge in [0.2, 0.25) is 5.91 Å². The van der Waals surface area contributed by atoms with Crippen LogP contribution in [-0.4, -0.2) is 56.4 Å². The summed E-state index contributed by atoms with van der Waals surface area (Å²) in [7, 11) is 0. The predicted octanol–water partition coefficient (Wildman–Crippen LogP) is 0.366. The Balaban J connectivity index is 2.06. The molecule has 3 aliphatic rings. The van der Waals surface area contributed by atoms with Crippen LogP contribution in [0.4, 0.5) is 0 Å². The Labute approximate surface area is 123 Å². The molecule has 3 fully saturated rings. The van der Waals surface area contributed by atoms with E-state index in [0.29, 0.717) is 13.0 Å². The highest BCUT2D eigenvalue weighted by molar-refractivity contribution is 5.81. The number of aliphatic hydroxyl groups excluding tert-OH is 1. The molecule has 3 N–H and O–H groups in total. The Morgan fingerprint density at radius 3 is 2.76 bits per heavy atom. The Hall–Kier alpha value is -1.14. The molecular formula is C15H23NO5. The lowest BCUT2D eigenvalue weighted by molar-refractivity contribution is -0.185. The van der Waals surface area contributed by atoms with Crippen molar-refractivity contribution in [3.05, 3.63) is 0 Å². The number of carboxylic acids is 1. The van der Waals surface area contributed by atoms with Gasteiger partial charge in [0.25, 0.3) is 0 Å². The van der Waals surface area contributed by atoms with Crippen LogP contribution in [-0.2, 0) is 9.59 Å². The summed E-state index contributed by atoms with van der Waals surface area (Å²) in [4.78, 5) is 25.5. The van der Waals surface area contributed by atoms with Crippen molar-refractivity contribution >= 4 is 11.9 Å². The van der Waals surface area contributed by atoms with Gasteiger partial charge in [0.15, 0.2) is 0 Å². The van der Waals surface area contributed by atoms with E-state index in [9.17, 15) is 24.9 Å². The van der Waals surface area contributed by atoms with Crippen LogP contribution in [0.25, 0.3) is 0 Å². The third-order valence-corrected chi connectivity index (χ3v) is 5.98. The van der Waals surface area contributed by atoms with Crippen LogP contribution in [0.3, 0.4) is 0 Å². The van der Waals surface area contributed by atoms with Gasteiger partial charge in [-0.15, -0.1) is 0 Å². The molecule has 6 nitrogen and oxygen atoms in total. The van der Waals surface area contributed by atoms with Gasteiger partial charge < -0.3 is 20.2 Å². The molecule has 6 heteroatoms. The maximum absolute atomic E-state index is 12.3. The predicted molar refractivity (Wildman–Crippen MR) is 73.4 cm³/mol. The van der Waals surface area contributed by atoms with Gasteiger partial charge in [0, 0.05) is 18.9 Å². The highest BCUT2D eigenvalue weighted by Gasteiger charge is 2.64. The number of carbonyl (C=O) groups is 2. The van der Waals surface area contributed by atoms with Crippen LogP contribution in [0.2, 0.25) is 0 Å². The Kier molecular flexibility index (Phi) is 3.48. The summed E-state index contributed by atoms with van der Waals surface area (Å²) >= 11 is 0. The number of amides is 1. The molecule has 2 heterocycles. The van der Waals surface area contributed by atoms with E-state index in [-0.39, 0.29) is 24.7 Å². The first kappa shape index (κ1) is 14.8. The molecule has 118 valence electrons. The second kappa shape index (κ2) is 4.95. The van der Waals surface area contributed by atoms with Crippen molar-refractivity contribution in [1.29, 1.82) is 0 Å². The second-order valence-corrected chi connectivity index (χ2v) is 6.85. The topological polar surface area (TPSA) is 98.1 Å². The first-order valence-corrected chi connectivity index (χ1v) is 7.79. The highest BCUT2D eigenvalue weighted by Crippen LogP contribution is 2.56. The fourth-order valence-corrected chi connectivity index (χ4v) is 5.10.